The summed E-state index contributed by atoms with van der Waals surface area (Å²) in [5.41, 5.74) is 9.03. The van der Waals surface area contributed by atoms with Crippen molar-refractivity contribution in [1.29, 1.82) is 0 Å². The van der Waals surface area contributed by atoms with Crippen LogP contribution in [0.1, 0.15) is 11.1 Å². The van der Waals surface area contributed by atoms with Crippen LogP contribution in [0.4, 0.5) is 0 Å². The average Bonchev–Trinajstić information content (AvgIpc) is 2.82. The first-order valence-corrected chi connectivity index (χ1v) is 6.05. The number of hydrogen-bond donors (Lipinski definition) is 1. The van der Waals surface area contributed by atoms with Crippen molar-refractivity contribution >= 4 is 22.6 Å². The molecule has 1 heterocycles. The Bertz CT molecular complexity index is 564. The normalized spacial score (nSPS) is 16.7. The molecule has 2 aliphatic rings. The van der Waals surface area contributed by atoms with Crippen molar-refractivity contribution in [3.63, 3.8) is 0 Å². The Kier molecular flexibility index (Phi) is 2.29. The summed E-state index contributed by atoms with van der Waals surface area (Å²) < 4.78 is 10.6. The molecule has 0 amide bonds. The fraction of sp³-hybridized carbons (Fsp3) is 0.250. The fourth-order valence-electron chi connectivity index (χ4n) is 2.16. The van der Waals surface area contributed by atoms with Gasteiger partial charge in [-0.05, 0) is 22.7 Å². The lowest BCUT2D eigenvalue weighted by molar-refractivity contribution is 0.354. The predicted molar refractivity (Wildman–Crippen MR) is 69.1 cm³/mol. The Hall–Kier alpha value is -1.62. The molecule has 3 rings (SSSR count). The van der Waals surface area contributed by atoms with Crippen molar-refractivity contribution in [3.8, 4) is 11.5 Å². The Morgan fingerprint density at radius 1 is 1.24 bits per heavy atom. The predicted octanol–water partition coefficient (Wildman–Crippen LogP) is 1.33. The van der Waals surface area contributed by atoms with Gasteiger partial charge in [0.1, 0.15) is 0 Å². The van der Waals surface area contributed by atoms with Crippen molar-refractivity contribution in [1.82, 2.24) is 4.99 Å². The van der Waals surface area contributed by atoms with E-state index in [1.54, 1.807) is 26.0 Å². The van der Waals surface area contributed by atoms with Crippen LogP contribution in [0.15, 0.2) is 17.0 Å². The van der Waals surface area contributed by atoms with E-state index in [1.807, 2.05) is 12.1 Å². The van der Waals surface area contributed by atoms with E-state index < -0.39 is 0 Å². The van der Waals surface area contributed by atoms with E-state index >= 15 is 0 Å². The first-order chi connectivity index (χ1) is 8.22. The molecule has 1 aliphatic carbocycles. The fourth-order valence-corrected chi connectivity index (χ4v) is 3.03. The summed E-state index contributed by atoms with van der Waals surface area (Å²) in [4.78, 5) is 5.58. The average molecular weight is 248 g/mol. The van der Waals surface area contributed by atoms with Crippen LogP contribution in [0.25, 0.3) is 5.70 Å². The number of hydrogen-bond acceptors (Lipinski definition) is 5. The minimum atomic E-state index is 0.621. The van der Waals surface area contributed by atoms with E-state index in [0.29, 0.717) is 5.17 Å². The van der Waals surface area contributed by atoms with E-state index in [2.05, 4.69) is 4.99 Å². The van der Waals surface area contributed by atoms with Crippen LogP contribution in [0.5, 0.6) is 11.5 Å². The zero-order valence-electron chi connectivity index (χ0n) is 9.61. The number of allylic oxidation sites excluding steroid dienone is 1. The largest absolute Gasteiger partial charge is 0.493 e. The quantitative estimate of drug-likeness (QED) is 0.857. The molecule has 1 aliphatic heterocycles. The van der Waals surface area contributed by atoms with Crippen molar-refractivity contribution < 1.29 is 9.47 Å². The Labute approximate surface area is 104 Å². The highest BCUT2D eigenvalue weighted by molar-refractivity contribution is 8.17. The molecule has 0 bridgehead atoms. The van der Waals surface area contributed by atoms with Crippen LogP contribution >= 0.6 is 11.8 Å². The van der Waals surface area contributed by atoms with Crippen molar-refractivity contribution in [2.24, 2.45) is 5.73 Å². The number of nitrogens with zero attached hydrogens (tertiary/aromatic N) is 1. The summed E-state index contributed by atoms with van der Waals surface area (Å²) in [6.45, 7) is 0. The van der Waals surface area contributed by atoms with Crippen molar-refractivity contribution in [2.45, 2.75) is 6.42 Å². The smallest absolute Gasteiger partial charge is 0.355 e. The summed E-state index contributed by atoms with van der Waals surface area (Å²) >= 11 is 1.55. The molecule has 1 aromatic rings. The molecule has 0 saturated heterocycles. The number of aliphatic imine (C=N–C) groups is 1. The van der Waals surface area contributed by atoms with Crippen LogP contribution in [0.2, 0.25) is 0 Å². The van der Waals surface area contributed by atoms with E-state index in [9.17, 15) is 0 Å². The topological polar surface area (TPSA) is 58.6 Å². The van der Waals surface area contributed by atoms with Gasteiger partial charge in [0, 0.05) is 23.7 Å². The molecule has 17 heavy (non-hydrogen) atoms. The first kappa shape index (κ1) is 10.5. The van der Waals surface area contributed by atoms with Crippen LogP contribution in [-0.2, 0) is 6.42 Å². The SMILES string of the molecule is COc1cc2c(cc1OC)C1=C(C2)SC(N)=[N+]1. The van der Waals surface area contributed by atoms with E-state index in [0.717, 1.165) is 29.2 Å². The summed E-state index contributed by atoms with van der Waals surface area (Å²) in [6, 6.07) is 3.98. The van der Waals surface area contributed by atoms with Gasteiger partial charge in [-0.3, -0.25) is 5.73 Å². The number of thioether (sulfide) groups is 1. The summed E-state index contributed by atoms with van der Waals surface area (Å²) in [5, 5.41) is 0.621. The molecule has 2 N–H and O–H groups in total. The molecule has 87 valence electrons. The van der Waals surface area contributed by atoms with Crippen LogP contribution in [0.3, 0.4) is 0 Å². The molecule has 4 nitrogen and oxygen atoms in total. The zero-order valence-corrected chi connectivity index (χ0v) is 10.4. The minimum absolute atomic E-state index is 0.621. The Balaban J connectivity index is 2.12. The third-order valence-corrected chi connectivity index (χ3v) is 3.81. The number of methoxy groups -OCH3 is 2. The summed E-state index contributed by atoms with van der Waals surface area (Å²) in [5.74, 6) is 1.49. The second-order valence-corrected chi connectivity index (χ2v) is 4.98. The van der Waals surface area contributed by atoms with Gasteiger partial charge >= 0.3 is 5.17 Å². The van der Waals surface area contributed by atoms with Crippen LogP contribution in [0, 0.1) is 0 Å². The maximum Gasteiger partial charge on any atom is 0.355 e. The highest BCUT2D eigenvalue weighted by atomic mass is 32.2. The first-order valence-electron chi connectivity index (χ1n) is 5.23. The molecule has 0 saturated carbocycles. The van der Waals surface area contributed by atoms with Crippen molar-refractivity contribution in [3.05, 3.63) is 28.2 Å². The second kappa shape index (κ2) is 3.70. The van der Waals surface area contributed by atoms with Gasteiger partial charge in [-0.15, -0.1) is 0 Å². The molecule has 1 radical (unpaired) electrons. The lowest BCUT2D eigenvalue weighted by atomic mass is 10.1. The van der Waals surface area contributed by atoms with E-state index in [1.165, 1.54) is 10.5 Å². The monoisotopic (exact) mass is 248 g/mol. The second-order valence-electron chi connectivity index (χ2n) is 3.87. The van der Waals surface area contributed by atoms with Crippen molar-refractivity contribution in [2.75, 3.05) is 14.2 Å². The lowest BCUT2D eigenvalue weighted by Gasteiger charge is -2.09. The Morgan fingerprint density at radius 3 is 2.65 bits per heavy atom. The molecule has 0 fully saturated rings. The lowest BCUT2D eigenvalue weighted by Crippen LogP contribution is -2.10. The van der Waals surface area contributed by atoms with Gasteiger partial charge in [0.05, 0.1) is 19.1 Å². The summed E-state index contributed by atoms with van der Waals surface area (Å²) in [6.07, 6.45) is 0.875. The molecule has 0 unspecified atom stereocenters. The molecule has 1 aromatic carbocycles. The molecular formula is C12H12N2O2S+. The minimum Gasteiger partial charge on any atom is -0.493 e. The van der Waals surface area contributed by atoms with Gasteiger partial charge in [-0.25, -0.2) is 0 Å². The van der Waals surface area contributed by atoms with Gasteiger partial charge in [0.25, 0.3) is 0 Å². The van der Waals surface area contributed by atoms with E-state index in [-0.39, 0.29) is 0 Å². The standard InChI is InChI=1S/C12H12N2O2S/c1-15-8-3-6-4-10-11(14-12(13)17-10)7(6)5-9(8)16-2/h3,5H,4,13H2,1-2H3/q+1. The van der Waals surface area contributed by atoms with Gasteiger partial charge in [-0.2, -0.15) is 0 Å². The maximum absolute atomic E-state index is 5.72. The van der Waals surface area contributed by atoms with Gasteiger partial charge in [-0.1, -0.05) is 0 Å². The third kappa shape index (κ3) is 1.50. The van der Waals surface area contributed by atoms with E-state index in [4.69, 9.17) is 15.2 Å². The number of ether oxygens (including phenoxy) is 2. The zero-order chi connectivity index (χ0) is 12.0. The number of amidine groups is 1. The number of rotatable bonds is 2. The van der Waals surface area contributed by atoms with Gasteiger partial charge in [0.2, 0.25) is 0 Å². The number of nitrogens with two attached hydrogens (primary N) is 1. The Morgan fingerprint density at radius 2 is 1.94 bits per heavy atom. The highest BCUT2D eigenvalue weighted by Crippen LogP contribution is 2.44. The third-order valence-electron chi connectivity index (χ3n) is 2.93. The van der Waals surface area contributed by atoms with Gasteiger partial charge < -0.3 is 9.47 Å². The highest BCUT2D eigenvalue weighted by Gasteiger charge is 2.34. The van der Waals surface area contributed by atoms with Gasteiger partial charge in [0.15, 0.2) is 17.2 Å². The molecule has 5 heteroatoms. The number of benzene rings is 1. The van der Waals surface area contributed by atoms with Crippen LogP contribution in [-0.4, -0.2) is 19.4 Å². The van der Waals surface area contributed by atoms with Crippen LogP contribution < -0.4 is 20.2 Å². The summed E-state index contributed by atoms with van der Waals surface area (Å²) in [7, 11) is 3.28. The molecule has 0 aromatic heterocycles. The molecule has 0 atom stereocenters. The molecule has 0 spiro atoms. The molecular weight excluding hydrogens is 236 g/mol. The maximum atomic E-state index is 5.72. The number of fused-ring (bicyclic) bond motifs is 2.